The summed E-state index contributed by atoms with van der Waals surface area (Å²) in [6.07, 6.45) is 1.95. The van der Waals surface area contributed by atoms with Gasteiger partial charge in [-0.05, 0) is 40.5 Å². The molecule has 1 rings (SSSR count). The zero-order valence-corrected chi connectivity index (χ0v) is 16.8. The first kappa shape index (κ1) is 21.2. The zero-order chi connectivity index (χ0) is 15.9. The third kappa shape index (κ3) is 6.95. The molecule has 0 aliphatic carbocycles. The quantitative estimate of drug-likeness (QED) is 0.305. The van der Waals surface area contributed by atoms with Crippen LogP contribution in [-0.2, 0) is 11.2 Å². The zero-order valence-electron chi connectivity index (χ0n) is 14.4. The molecule has 2 N–H and O–H groups in total. The molecule has 0 unspecified atom stereocenters. The highest BCUT2D eigenvalue weighted by Gasteiger charge is 2.16. The van der Waals surface area contributed by atoms with Crippen LogP contribution in [0.1, 0.15) is 37.3 Å². The molecule has 0 bridgehead atoms. The number of guanidine groups is 1. The molecule has 0 spiro atoms. The van der Waals surface area contributed by atoms with Gasteiger partial charge in [-0.2, -0.15) is 0 Å². The maximum absolute atomic E-state index is 5.37. The Kier molecular flexibility index (Phi) is 9.66. The molecular formula is C15H29IN4O2. The highest BCUT2D eigenvalue weighted by Crippen LogP contribution is 2.13. The summed E-state index contributed by atoms with van der Waals surface area (Å²) < 4.78 is 10.5. The minimum absolute atomic E-state index is 0. The van der Waals surface area contributed by atoms with E-state index in [-0.39, 0.29) is 29.6 Å². The van der Waals surface area contributed by atoms with Crippen molar-refractivity contribution in [3.05, 3.63) is 17.0 Å². The standard InChI is InChI=1S/C15H28N4O2.HI/c1-11-13(12(2)21-19-11)8-7-9-17-14(16-5)18-10-15(3,4)20-6;/h7-10H2,1-6H3,(H2,16,17,18);1H. The van der Waals surface area contributed by atoms with Crippen molar-refractivity contribution in [1.82, 2.24) is 15.8 Å². The van der Waals surface area contributed by atoms with Crippen LogP contribution < -0.4 is 10.6 Å². The van der Waals surface area contributed by atoms with Gasteiger partial charge in [0.25, 0.3) is 0 Å². The van der Waals surface area contributed by atoms with E-state index in [0.717, 1.165) is 36.8 Å². The monoisotopic (exact) mass is 424 g/mol. The van der Waals surface area contributed by atoms with E-state index < -0.39 is 0 Å². The Morgan fingerprint density at radius 2 is 2.00 bits per heavy atom. The minimum atomic E-state index is -0.214. The number of ether oxygens (including phenoxy) is 1. The summed E-state index contributed by atoms with van der Waals surface area (Å²) in [6.45, 7) is 9.54. The largest absolute Gasteiger partial charge is 0.377 e. The fourth-order valence-corrected chi connectivity index (χ4v) is 1.92. The van der Waals surface area contributed by atoms with Crippen molar-refractivity contribution in [2.75, 3.05) is 27.2 Å². The van der Waals surface area contributed by atoms with Crippen LogP contribution in [0.25, 0.3) is 0 Å². The van der Waals surface area contributed by atoms with Gasteiger partial charge in [0.15, 0.2) is 5.96 Å². The fraction of sp³-hybridized carbons (Fsp3) is 0.733. The number of aryl methyl sites for hydroxylation is 2. The van der Waals surface area contributed by atoms with E-state index in [1.165, 1.54) is 5.56 Å². The van der Waals surface area contributed by atoms with Crippen molar-refractivity contribution in [2.45, 2.75) is 46.1 Å². The van der Waals surface area contributed by atoms with E-state index >= 15 is 0 Å². The van der Waals surface area contributed by atoms with Gasteiger partial charge in [-0.1, -0.05) is 5.16 Å². The molecule has 0 radical (unpaired) electrons. The number of hydrogen-bond acceptors (Lipinski definition) is 4. The van der Waals surface area contributed by atoms with E-state index in [1.807, 2.05) is 27.7 Å². The van der Waals surface area contributed by atoms with Crippen molar-refractivity contribution >= 4 is 29.9 Å². The number of aromatic nitrogens is 1. The molecule has 7 heteroatoms. The highest BCUT2D eigenvalue weighted by molar-refractivity contribution is 14.0. The van der Waals surface area contributed by atoms with Gasteiger partial charge in [0.2, 0.25) is 0 Å². The summed E-state index contributed by atoms with van der Waals surface area (Å²) in [5.74, 6) is 1.70. The maximum Gasteiger partial charge on any atom is 0.191 e. The van der Waals surface area contributed by atoms with Crippen molar-refractivity contribution in [2.24, 2.45) is 4.99 Å². The topological polar surface area (TPSA) is 71.7 Å². The van der Waals surface area contributed by atoms with Gasteiger partial charge in [0.05, 0.1) is 11.3 Å². The van der Waals surface area contributed by atoms with Crippen LogP contribution in [0.5, 0.6) is 0 Å². The molecule has 128 valence electrons. The van der Waals surface area contributed by atoms with Crippen LogP contribution in [0.2, 0.25) is 0 Å². The lowest BCUT2D eigenvalue weighted by molar-refractivity contribution is 0.0268. The predicted molar refractivity (Wildman–Crippen MR) is 100 cm³/mol. The van der Waals surface area contributed by atoms with Crippen LogP contribution in [-0.4, -0.2) is 44.0 Å². The van der Waals surface area contributed by atoms with Gasteiger partial charge in [0.1, 0.15) is 5.76 Å². The summed E-state index contributed by atoms with van der Waals surface area (Å²) in [6, 6.07) is 0. The Morgan fingerprint density at radius 3 is 2.50 bits per heavy atom. The molecule has 1 heterocycles. The SMILES string of the molecule is CN=C(NCCCc1c(C)noc1C)NCC(C)(C)OC.I. The molecule has 0 aliphatic heterocycles. The van der Waals surface area contributed by atoms with E-state index in [2.05, 4.69) is 20.8 Å². The minimum Gasteiger partial charge on any atom is -0.377 e. The van der Waals surface area contributed by atoms with Gasteiger partial charge in [-0.25, -0.2) is 0 Å². The van der Waals surface area contributed by atoms with Crippen LogP contribution in [0.3, 0.4) is 0 Å². The molecule has 1 aromatic rings. The lowest BCUT2D eigenvalue weighted by Gasteiger charge is -2.24. The molecule has 0 saturated carbocycles. The molecule has 22 heavy (non-hydrogen) atoms. The number of nitrogens with zero attached hydrogens (tertiary/aromatic N) is 2. The second kappa shape index (κ2) is 10.0. The first-order valence-corrected chi connectivity index (χ1v) is 7.31. The van der Waals surface area contributed by atoms with E-state index in [1.54, 1.807) is 14.2 Å². The lowest BCUT2D eigenvalue weighted by atomic mass is 10.1. The van der Waals surface area contributed by atoms with Gasteiger partial charge in [0, 0.05) is 32.8 Å². The van der Waals surface area contributed by atoms with Crippen LogP contribution >= 0.6 is 24.0 Å². The Hall–Kier alpha value is -0.830. The fourth-order valence-electron chi connectivity index (χ4n) is 1.92. The molecule has 0 aliphatic rings. The molecule has 0 aromatic carbocycles. The molecule has 1 aromatic heterocycles. The Labute approximate surface area is 150 Å². The van der Waals surface area contributed by atoms with Gasteiger partial charge < -0.3 is 19.9 Å². The first-order chi connectivity index (χ1) is 9.89. The number of aliphatic imine (C=N–C) groups is 1. The number of rotatable bonds is 7. The van der Waals surface area contributed by atoms with Crippen LogP contribution in [0, 0.1) is 13.8 Å². The van der Waals surface area contributed by atoms with Gasteiger partial charge in [-0.15, -0.1) is 24.0 Å². The van der Waals surface area contributed by atoms with Crippen molar-refractivity contribution in [3.8, 4) is 0 Å². The summed E-state index contributed by atoms with van der Waals surface area (Å²) in [5.41, 5.74) is 1.98. The molecule has 0 saturated heterocycles. The third-order valence-electron chi connectivity index (χ3n) is 3.53. The molecule has 0 amide bonds. The average Bonchev–Trinajstić information content (AvgIpc) is 2.78. The number of nitrogens with one attached hydrogen (secondary N) is 2. The number of hydrogen-bond donors (Lipinski definition) is 2. The maximum atomic E-state index is 5.37. The third-order valence-corrected chi connectivity index (χ3v) is 3.53. The van der Waals surface area contributed by atoms with Crippen molar-refractivity contribution < 1.29 is 9.26 Å². The first-order valence-electron chi connectivity index (χ1n) is 7.31. The van der Waals surface area contributed by atoms with Crippen molar-refractivity contribution in [1.29, 1.82) is 0 Å². The molecule has 6 nitrogen and oxygen atoms in total. The van der Waals surface area contributed by atoms with Gasteiger partial charge >= 0.3 is 0 Å². The van der Waals surface area contributed by atoms with Crippen LogP contribution in [0.15, 0.2) is 9.52 Å². The summed E-state index contributed by atoms with van der Waals surface area (Å²) >= 11 is 0. The van der Waals surface area contributed by atoms with Crippen molar-refractivity contribution in [3.63, 3.8) is 0 Å². The van der Waals surface area contributed by atoms with E-state index in [4.69, 9.17) is 9.26 Å². The highest BCUT2D eigenvalue weighted by atomic mass is 127. The summed E-state index contributed by atoms with van der Waals surface area (Å²) in [7, 11) is 3.48. The van der Waals surface area contributed by atoms with E-state index in [9.17, 15) is 0 Å². The smallest absolute Gasteiger partial charge is 0.191 e. The Morgan fingerprint density at radius 1 is 1.32 bits per heavy atom. The summed E-state index contributed by atoms with van der Waals surface area (Å²) in [4.78, 5) is 4.20. The Bertz CT molecular complexity index is 453. The second-order valence-electron chi connectivity index (χ2n) is 5.72. The predicted octanol–water partition coefficient (Wildman–Crippen LogP) is 2.43. The summed E-state index contributed by atoms with van der Waals surface area (Å²) in [5, 5.41) is 10.5. The van der Waals surface area contributed by atoms with Gasteiger partial charge in [-0.3, -0.25) is 4.99 Å². The molecule has 0 atom stereocenters. The normalized spacial score (nSPS) is 12.0. The lowest BCUT2D eigenvalue weighted by Crippen LogP contribution is -2.45. The second-order valence-corrected chi connectivity index (χ2v) is 5.72. The molecular weight excluding hydrogens is 395 g/mol. The average molecular weight is 424 g/mol. The number of methoxy groups -OCH3 is 1. The molecule has 0 fully saturated rings. The van der Waals surface area contributed by atoms with E-state index in [0.29, 0.717) is 6.54 Å². The Balaban J connectivity index is 0.00000441. The van der Waals surface area contributed by atoms with Crippen LogP contribution in [0.4, 0.5) is 0 Å². The number of halogens is 1.